The number of hydrogen-bond donors (Lipinski definition) is 0. The molecular formula is C21H22BrNO2. The molecule has 0 N–H and O–H groups in total. The minimum atomic E-state index is -0.685. The van der Waals surface area contributed by atoms with Crippen LogP contribution in [-0.2, 0) is 0 Å². The molecular weight excluding hydrogens is 378 g/mol. The number of piperidine rings is 1. The molecule has 3 nitrogen and oxygen atoms in total. The van der Waals surface area contributed by atoms with Gasteiger partial charge in [0.1, 0.15) is 17.4 Å². The molecule has 2 atom stereocenters. The minimum absolute atomic E-state index is 0.158. The predicted molar refractivity (Wildman–Crippen MR) is 102 cm³/mol. The van der Waals surface area contributed by atoms with Crippen molar-refractivity contribution in [3.63, 3.8) is 0 Å². The first-order valence-electron chi connectivity index (χ1n) is 8.92. The summed E-state index contributed by atoms with van der Waals surface area (Å²) in [6.07, 6.45) is 3.21. The third kappa shape index (κ3) is 2.81. The van der Waals surface area contributed by atoms with Gasteiger partial charge in [-0.15, -0.1) is 0 Å². The number of nitrogens with zero attached hydrogens (tertiary/aromatic N) is 1. The van der Waals surface area contributed by atoms with E-state index in [1.807, 2.05) is 36.4 Å². The molecule has 4 heteroatoms. The number of benzene rings is 2. The van der Waals surface area contributed by atoms with E-state index in [-0.39, 0.29) is 11.9 Å². The van der Waals surface area contributed by atoms with Gasteiger partial charge in [-0.05, 0) is 56.6 Å². The molecule has 0 spiro atoms. The summed E-state index contributed by atoms with van der Waals surface area (Å²) in [4.78, 5) is 16.0. The molecule has 25 heavy (non-hydrogen) atoms. The fraction of sp³-hybridized carbons (Fsp3) is 0.381. The zero-order chi connectivity index (χ0) is 17.4. The lowest BCUT2D eigenvalue weighted by Gasteiger charge is -2.49. The molecule has 0 aromatic heterocycles. The monoisotopic (exact) mass is 399 g/mol. The number of ketones is 1. The highest BCUT2D eigenvalue weighted by atomic mass is 79.9. The fourth-order valence-electron chi connectivity index (χ4n) is 4.10. The van der Waals surface area contributed by atoms with Crippen LogP contribution in [0.4, 0.5) is 0 Å². The normalized spacial score (nSPS) is 26.8. The highest BCUT2D eigenvalue weighted by Crippen LogP contribution is 2.45. The first-order valence-corrected chi connectivity index (χ1v) is 9.71. The van der Waals surface area contributed by atoms with Crippen molar-refractivity contribution in [3.8, 4) is 5.75 Å². The molecule has 0 radical (unpaired) electrons. The topological polar surface area (TPSA) is 29.5 Å². The molecule has 130 valence electrons. The van der Waals surface area contributed by atoms with Crippen LogP contribution in [0, 0.1) is 0 Å². The van der Waals surface area contributed by atoms with Gasteiger partial charge in [-0.1, -0.05) is 52.7 Å². The van der Waals surface area contributed by atoms with Gasteiger partial charge in [-0.25, -0.2) is 0 Å². The third-order valence-electron chi connectivity index (χ3n) is 5.52. The lowest BCUT2D eigenvalue weighted by Crippen LogP contribution is -2.60. The van der Waals surface area contributed by atoms with Crippen molar-refractivity contribution < 1.29 is 9.53 Å². The lowest BCUT2D eigenvalue weighted by molar-refractivity contribution is -0.0154. The first-order chi connectivity index (χ1) is 12.1. The van der Waals surface area contributed by atoms with E-state index in [0.29, 0.717) is 11.3 Å². The maximum absolute atomic E-state index is 13.6. The molecule has 2 aliphatic heterocycles. The van der Waals surface area contributed by atoms with Crippen LogP contribution in [0.15, 0.2) is 53.0 Å². The molecule has 4 rings (SSSR count). The van der Waals surface area contributed by atoms with Gasteiger partial charge in [-0.2, -0.15) is 0 Å². The number of rotatable bonds is 2. The molecule has 0 bridgehead atoms. The van der Waals surface area contributed by atoms with Crippen molar-refractivity contribution in [1.29, 1.82) is 0 Å². The van der Waals surface area contributed by atoms with Crippen LogP contribution in [-0.4, -0.2) is 29.3 Å². The average Bonchev–Trinajstić information content (AvgIpc) is 2.66. The number of Topliss-reactive ketones (excluding diaryl/α,β-unsaturated/α-hetero) is 1. The number of carbonyl (C=O) groups excluding carboxylic acids is 1. The largest absolute Gasteiger partial charge is 0.483 e. The van der Waals surface area contributed by atoms with E-state index >= 15 is 0 Å². The molecule has 2 unspecified atom stereocenters. The molecule has 2 aromatic carbocycles. The number of likely N-dealkylation sites (tertiary alicyclic amines) is 1. The smallest absolute Gasteiger partial charge is 0.190 e. The van der Waals surface area contributed by atoms with Gasteiger partial charge in [0.05, 0.1) is 5.56 Å². The summed E-state index contributed by atoms with van der Waals surface area (Å²) < 4.78 is 7.33. The highest BCUT2D eigenvalue weighted by Gasteiger charge is 2.52. The number of halogens is 1. The van der Waals surface area contributed by atoms with E-state index in [1.165, 1.54) is 6.42 Å². The van der Waals surface area contributed by atoms with Gasteiger partial charge >= 0.3 is 0 Å². The Balaban J connectivity index is 1.85. The molecule has 0 saturated carbocycles. The minimum Gasteiger partial charge on any atom is -0.483 e. The second-order valence-electron chi connectivity index (χ2n) is 7.07. The Morgan fingerprint density at radius 1 is 1.08 bits per heavy atom. The summed E-state index contributed by atoms with van der Waals surface area (Å²) in [7, 11) is 0. The second kappa shape index (κ2) is 6.58. The van der Waals surface area contributed by atoms with Gasteiger partial charge in [0, 0.05) is 4.47 Å². The maximum Gasteiger partial charge on any atom is 0.190 e. The molecule has 2 aliphatic rings. The van der Waals surface area contributed by atoms with E-state index < -0.39 is 5.54 Å². The van der Waals surface area contributed by atoms with Crippen molar-refractivity contribution in [2.45, 2.75) is 37.8 Å². The summed E-state index contributed by atoms with van der Waals surface area (Å²) >= 11 is 3.49. The SMILES string of the molecule is CC1(N2CCCCC2)C(=O)c2cc(Br)ccc2OC1c1ccccc1. The Hall–Kier alpha value is -1.65. The van der Waals surface area contributed by atoms with Gasteiger partial charge in [0.2, 0.25) is 0 Å². The zero-order valence-electron chi connectivity index (χ0n) is 14.4. The Bertz CT molecular complexity index is 786. The second-order valence-corrected chi connectivity index (χ2v) is 7.99. The van der Waals surface area contributed by atoms with E-state index in [0.717, 1.165) is 36.0 Å². The average molecular weight is 400 g/mol. The number of ether oxygens (including phenoxy) is 1. The summed E-state index contributed by atoms with van der Waals surface area (Å²) in [5.74, 6) is 0.836. The molecule has 2 aromatic rings. The number of hydrogen-bond acceptors (Lipinski definition) is 3. The Kier molecular flexibility index (Phi) is 4.42. The van der Waals surface area contributed by atoms with Crippen LogP contribution in [0.25, 0.3) is 0 Å². The number of fused-ring (bicyclic) bond motifs is 1. The van der Waals surface area contributed by atoms with E-state index in [1.54, 1.807) is 0 Å². The summed E-state index contributed by atoms with van der Waals surface area (Å²) in [6, 6.07) is 15.8. The maximum atomic E-state index is 13.6. The highest BCUT2D eigenvalue weighted by molar-refractivity contribution is 9.10. The molecule has 0 aliphatic carbocycles. The lowest BCUT2D eigenvalue weighted by atomic mass is 9.77. The van der Waals surface area contributed by atoms with Crippen molar-refractivity contribution in [2.75, 3.05) is 13.1 Å². The van der Waals surface area contributed by atoms with Crippen LogP contribution in [0.5, 0.6) is 5.75 Å². The van der Waals surface area contributed by atoms with Crippen molar-refractivity contribution >= 4 is 21.7 Å². The van der Waals surface area contributed by atoms with Gasteiger partial charge in [0.25, 0.3) is 0 Å². The number of carbonyl (C=O) groups is 1. The third-order valence-corrected chi connectivity index (χ3v) is 6.01. The van der Waals surface area contributed by atoms with Crippen LogP contribution in [0.3, 0.4) is 0 Å². The Labute approximate surface area is 157 Å². The van der Waals surface area contributed by atoms with E-state index in [9.17, 15) is 4.79 Å². The van der Waals surface area contributed by atoms with Crippen LogP contribution >= 0.6 is 15.9 Å². The predicted octanol–water partition coefficient (Wildman–Crippen LogP) is 5.01. The summed E-state index contributed by atoms with van der Waals surface area (Å²) in [5, 5.41) is 0. The summed E-state index contributed by atoms with van der Waals surface area (Å²) in [5.41, 5.74) is 1.04. The first kappa shape index (κ1) is 16.8. The van der Waals surface area contributed by atoms with Crippen molar-refractivity contribution in [2.24, 2.45) is 0 Å². The molecule has 1 fully saturated rings. The Morgan fingerprint density at radius 3 is 2.52 bits per heavy atom. The van der Waals surface area contributed by atoms with Crippen LogP contribution < -0.4 is 4.74 Å². The summed E-state index contributed by atoms with van der Waals surface area (Å²) in [6.45, 7) is 3.94. The van der Waals surface area contributed by atoms with Crippen LogP contribution in [0.1, 0.15) is 48.2 Å². The molecule has 2 heterocycles. The zero-order valence-corrected chi connectivity index (χ0v) is 16.0. The fourth-order valence-corrected chi connectivity index (χ4v) is 4.47. The molecule has 1 saturated heterocycles. The molecule has 0 amide bonds. The van der Waals surface area contributed by atoms with Gasteiger partial charge in [0.15, 0.2) is 5.78 Å². The van der Waals surface area contributed by atoms with E-state index in [4.69, 9.17) is 4.74 Å². The van der Waals surface area contributed by atoms with Crippen LogP contribution in [0.2, 0.25) is 0 Å². The van der Waals surface area contributed by atoms with Gasteiger partial charge in [-0.3, -0.25) is 9.69 Å². The van der Waals surface area contributed by atoms with Gasteiger partial charge < -0.3 is 4.74 Å². The standard InChI is InChI=1S/C21H22BrNO2/c1-21(23-12-6-3-7-13-23)19(24)17-14-16(22)10-11-18(17)25-20(21)15-8-4-2-5-9-15/h2,4-5,8-11,14,20H,3,6-7,12-13H2,1H3. The Morgan fingerprint density at radius 2 is 1.80 bits per heavy atom. The van der Waals surface area contributed by atoms with E-state index in [2.05, 4.69) is 39.9 Å². The van der Waals surface area contributed by atoms with Crippen molar-refractivity contribution in [1.82, 2.24) is 4.90 Å². The quantitative estimate of drug-likeness (QED) is 0.710. The van der Waals surface area contributed by atoms with Crippen molar-refractivity contribution in [3.05, 3.63) is 64.1 Å².